The highest BCUT2D eigenvalue weighted by molar-refractivity contribution is 6.34. The third-order valence-electron chi connectivity index (χ3n) is 6.12. The minimum absolute atomic E-state index is 0.0187. The van der Waals surface area contributed by atoms with E-state index in [2.05, 4.69) is 9.88 Å². The average molecular weight is 528 g/mol. The van der Waals surface area contributed by atoms with Gasteiger partial charge < -0.3 is 14.8 Å². The average Bonchev–Trinajstić information content (AvgIpc) is 3.23. The van der Waals surface area contributed by atoms with Gasteiger partial charge in [-0.2, -0.15) is 13.2 Å². The van der Waals surface area contributed by atoms with Crippen LogP contribution in [0.5, 0.6) is 0 Å². The molecule has 4 aromatic rings. The number of carbonyl (C=O) groups is 2. The summed E-state index contributed by atoms with van der Waals surface area (Å²) in [5, 5.41) is 2.29. The third-order valence-corrected chi connectivity index (χ3v) is 6.44. The topological polar surface area (TPSA) is 54.3 Å². The zero-order valence-electron chi connectivity index (χ0n) is 19.0. The van der Waals surface area contributed by atoms with E-state index in [9.17, 15) is 27.2 Å². The van der Waals surface area contributed by atoms with Crippen LogP contribution in [0.1, 0.15) is 37.5 Å². The van der Waals surface area contributed by atoms with Crippen LogP contribution in [0.3, 0.4) is 0 Å². The molecule has 2 amide bonds. The summed E-state index contributed by atoms with van der Waals surface area (Å²) < 4.78 is 55.5. The molecule has 10 heteroatoms. The summed E-state index contributed by atoms with van der Waals surface area (Å²) >= 11 is 6.32. The Bertz CT molecular complexity index is 1530. The van der Waals surface area contributed by atoms with Gasteiger partial charge in [-0.15, -0.1) is 0 Å². The van der Waals surface area contributed by atoms with Gasteiger partial charge in [0.05, 0.1) is 28.4 Å². The molecule has 0 bridgehead atoms. The number of benzene rings is 3. The minimum Gasteiger partial charge on any atom is -0.345 e. The Morgan fingerprint density at radius 3 is 2.46 bits per heavy atom. The number of hydrogen-bond acceptors (Lipinski definition) is 2. The van der Waals surface area contributed by atoms with Crippen molar-refractivity contribution in [3.63, 3.8) is 0 Å². The molecule has 3 aromatic carbocycles. The number of para-hydroxylation sites is 1. The van der Waals surface area contributed by atoms with E-state index in [1.165, 1.54) is 18.2 Å². The van der Waals surface area contributed by atoms with Crippen molar-refractivity contribution in [1.29, 1.82) is 0 Å². The summed E-state index contributed by atoms with van der Waals surface area (Å²) in [5.41, 5.74) is 0.593. The molecule has 1 aromatic heterocycles. The largest absolute Gasteiger partial charge is 0.419 e. The van der Waals surface area contributed by atoms with Crippen molar-refractivity contribution >= 4 is 34.8 Å². The number of aromatic nitrogens is 1. The maximum Gasteiger partial charge on any atom is 0.419 e. The second-order valence-electron chi connectivity index (χ2n) is 8.46. The number of fused-ring (bicyclic) bond motifs is 2. The lowest BCUT2D eigenvalue weighted by Gasteiger charge is -2.23. The van der Waals surface area contributed by atoms with Crippen molar-refractivity contribution in [1.82, 2.24) is 4.57 Å². The quantitative estimate of drug-likeness (QED) is 0.299. The van der Waals surface area contributed by atoms with Crippen LogP contribution in [0.2, 0.25) is 5.02 Å². The number of rotatable bonds is 3. The van der Waals surface area contributed by atoms with Crippen LogP contribution in [-0.2, 0) is 19.3 Å². The molecule has 1 aliphatic rings. The van der Waals surface area contributed by atoms with Gasteiger partial charge in [-0.25, -0.2) is 4.39 Å². The van der Waals surface area contributed by atoms with Crippen LogP contribution < -0.4 is 10.2 Å². The Labute approximate surface area is 213 Å². The Hall–Kier alpha value is -4.11. The number of alkyl halides is 3. The molecule has 2 heterocycles. The summed E-state index contributed by atoms with van der Waals surface area (Å²) in [6.07, 6.45) is -3.00. The van der Waals surface area contributed by atoms with Crippen LogP contribution in [0.25, 0.3) is 0 Å². The molecule has 0 atom stereocenters. The lowest BCUT2D eigenvalue weighted by Crippen LogP contribution is -2.30. The second kappa shape index (κ2) is 9.40. The zero-order chi connectivity index (χ0) is 26.3. The zero-order valence-corrected chi connectivity index (χ0v) is 19.8. The molecule has 188 valence electrons. The lowest BCUT2D eigenvalue weighted by atomic mass is 10.1. The number of halogens is 5. The number of carbonyl (C=O) groups excluding carboxylic acids is 2. The summed E-state index contributed by atoms with van der Waals surface area (Å²) in [5.74, 6) is -3.11. The summed E-state index contributed by atoms with van der Waals surface area (Å²) in [6.45, 7) is 0.938. The fourth-order valence-electron chi connectivity index (χ4n) is 4.29. The standard InChI is InChI=1S/C27H18ClF4N3O2/c28-21-13-16(10-11-22(21)33-25(36)19-7-3-8-20(24(19)29)27(30,31)32)26(37)35-15-18-6-4-12-34(18)14-17-5-1-2-9-23(17)35/h1-13H,14-15H2,(H,33,36). The van der Waals surface area contributed by atoms with Crippen molar-refractivity contribution in [2.24, 2.45) is 0 Å². The predicted molar refractivity (Wildman–Crippen MR) is 131 cm³/mol. The number of nitrogens with one attached hydrogen (secondary N) is 1. The molecule has 0 fully saturated rings. The van der Waals surface area contributed by atoms with Crippen LogP contribution in [0.4, 0.5) is 28.9 Å². The number of amides is 2. The summed E-state index contributed by atoms with van der Waals surface area (Å²) in [4.78, 5) is 27.7. The fraction of sp³-hybridized carbons (Fsp3) is 0.111. The molecule has 5 rings (SSSR count). The van der Waals surface area contributed by atoms with Crippen molar-refractivity contribution < 1.29 is 27.2 Å². The van der Waals surface area contributed by atoms with E-state index in [-0.39, 0.29) is 22.2 Å². The number of nitrogens with zero attached hydrogens (tertiary/aromatic N) is 2. The first kappa shape index (κ1) is 24.6. The van der Waals surface area contributed by atoms with Crippen molar-refractivity contribution in [3.05, 3.63) is 118 Å². The Kier molecular flexibility index (Phi) is 6.25. The van der Waals surface area contributed by atoms with Crippen LogP contribution >= 0.6 is 11.6 Å². The van der Waals surface area contributed by atoms with Crippen LogP contribution in [-0.4, -0.2) is 16.4 Å². The van der Waals surface area contributed by atoms with Gasteiger partial charge in [-0.1, -0.05) is 35.9 Å². The molecule has 1 aliphatic heterocycles. The molecule has 0 aliphatic carbocycles. The smallest absolute Gasteiger partial charge is 0.345 e. The van der Waals surface area contributed by atoms with Crippen LogP contribution in [0.15, 0.2) is 79.0 Å². The predicted octanol–water partition coefficient (Wildman–Crippen LogP) is 6.76. The van der Waals surface area contributed by atoms with E-state index in [4.69, 9.17) is 11.6 Å². The van der Waals surface area contributed by atoms with Crippen LogP contribution in [0, 0.1) is 5.82 Å². The van der Waals surface area contributed by atoms with Gasteiger partial charge in [-0.3, -0.25) is 9.59 Å². The molecule has 0 saturated carbocycles. The molecule has 1 N–H and O–H groups in total. The lowest BCUT2D eigenvalue weighted by molar-refractivity contribution is -0.140. The molecule has 0 unspecified atom stereocenters. The Morgan fingerprint density at radius 1 is 0.919 bits per heavy atom. The van der Waals surface area contributed by atoms with Gasteiger partial charge in [0.15, 0.2) is 0 Å². The monoisotopic (exact) mass is 527 g/mol. The normalized spacial score (nSPS) is 12.9. The third kappa shape index (κ3) is 4.70. The maximum absolute atomic E-state index is 14.4. The van der Waals surface area contributed by atoms with Gasteiger partial charge >= 0.3 is 6.18 Å². The molecule has 37 heavy (non-hydrogen) atoms. The molecular formula is C27H18ClF4N3O2. The SMILES string of the molecule is O=C(Nc1ccc(C(=O)N2Cc3cccn3Cc3ccccc32)cc1Cl)c1cccc(C(F)(F)F)c1F. The van der Waals surface area contributed by atoms with Gasteiger partial charge in [0.2, 0.25) is 0 Å². The first-order valence-corrected chi connectivity index (χ1v) is 11.5. The van der Waals surface area contributed by atoms with E-state index in [0.29, 0.717) is 19.2 Å². The van der Waals surface area contributed by atoms with Crippen molar-refractivity contribution in [3.8, 4) is 0 Å². The van der Waals surface area contributed by atoms with E-state index < -0.39 is 29.0 Å². The van der Waals surface area contributed by atoms with Crippen molar-refractivity contribution in [2.45, 2.75) is 19.3 Å². The highest BCUT2D eigenvalue weighted by Crippen LogP contribution is 2.34. The Morgan fingerprint density at radius 2 is 1.70 bits per heavy atom. The summed E-state index contributed by atoms with van der Waals surface area (Å²) in [6, 6.07) is 18.0. The molecule has 5 nitrogen and oxygen atoms in total. The van der Waals surface area contributed by atoms with E-state index in [1.807, 2.05) is 42.6 Å². The van der Waals surface area contributed by atoms with E-state index in [0.717, 1.165) is 29.1 Å². The Balaban J connectivity index is 1.41. The highest BCUT2D eigenvalue weighted by atomic mass is 35.5. The first-order chi connectivity index (χ1) is 17.6. The van der Waals surface area contributed by atoms with Gasteiger partial charge in [0.25, 0.3) is 11.8 Å². The fourth-order valence-corrected chi connectivity index (χ4v) is 4.52. The molecular weight excluding hydrogens is 510 g/mol. The highest BCUT2D eigenvalue weighted by Gasteiger charge is 2.35. The maximum atomic E-state index is 14.4. The van der Waals surface area contributed by atoms with Gasteiger partial charge in [0.1, 0.15) is 5.82 Å². The molecule has 0 saturated heterocycles. The second-order valence-corrected chi connectivity index (χ2v) is 8.87. The van der Waals surface area contributed by atoms with Crippen molar-refractivity contribution in [2.75, 3.05) is 10.2 Å². The van der Waals surface area contributed by atoms with E-state index in [1.54, 1.807) is 4.90 Å². The molecule has 0 spiro atoms. The van der Waals surface area contributed by atoms with Gasteiger partial charge in [0, 0.05) is 29.7 Å². The first-order valence-electron chi connectivity index (χ1n) is 11.1. The number of hydrogen-bond donors (Lipinski definition) is 1. The van der Waals surface area contributed by atoms with Gasteiger partial charge in [-0.05, 0) is 54.1 Å². The van der Waals surface area contributed by atoms with E-state index >= 15 is 0 Å². The minimum atomic E-state index is -4.95. The number of anilines is 2. The molecule has 0 radical (unpaired) electrons. The summed E-state index contributed by atoms with van der Waals surface area (Å²) in [7, 11) is 0.